The fourth-order valence-corrected chi connectivity index (χ4v) is 7.16. The summed E-state index contributed by atoms with van der Waals surface area (Å²) >= 11 is 1.59. The van der Waals surface area contributed by atoms with Crippen molar-refractivity contribution < 1.29 is 32.3 Å². The standard InChI is InChI=1S/C20H16FNO4S.C20H16FNO3S/c1-26-20-10-5-14(13-27(25)18-8-6-16(21)7-9-18)11-19(20)15-3-2-4-17(12-15)22(23)24;1-25-20-10-5-14(13-26-18-8-6-16(21)7-9-18)11-19(20)15-3-2-4-17(12-15)22(23)24/h2-12H,13H2,1H3;2-12H,13H2,1H3. The van der Waals surface area contributed by atoms with E-state index in [0.717, 1.165) is 27.1 Å². The van der Waals surface area contributed by atoms with Crippen LogP contribution < -0.4 is 9.47 Å². The quantitative estimate of drug-likeness (QED) is 0.0687. The van der Waals surface area contributed by atoms with E-state index in [1.807, 2.05) is 24.3 Å². The van der Waals surface area contributed by atoms with E-state index < -0.39 is 20.6 Å². The first-order valence-electron chi connectivity index (χ1n) is 15.9. The lowest BCUT2D eigenvalue weighted by atomic mass is 10.0. The Kier molecular flexibility index (Phi) is 13.0. The summed E-state index contributed by atoms with van der Waals surface area (Å²) in [6, 6.07) is 35.7. The van der Waals surface area contributed by atoms with Crippen LogP contribution in [0.4, 0.5) is 20.2 Å². The van der Waals surface area contributed by atoms with Gasteiger partial charge < -0.3 is 9.47 Å². The van der Waals surface area contributed by atoms with Gasteiger partial charge in [0.15, 0.2) is 0 Å². The Morgan fingerprint density at radius 2 is 1.09 bits per heavy atom. The second kappa shape index (κ2) is 18.0. The van der Waals surface area contributed by atoms with E-state index in [1.165, 1.54) is 67.8 Å². The molecule has 6 rings (SSSR count). The summed E-state index contributed by atoms with van der Waals surface area (Å²) < 4.78 is 49.3. The Bertz CT molecular complexity index is 2250. The number of hydrogen-bond acceptors (Lipinski definition) is 8. The number of non-ortho nitro benzene ring substituents is 2. The van der Waals surface area contributed by atoms with Gasteiger partial charge in [-0.25, -0.2) is 8.78 Å². The summed E-state index contributed by atoms with van der Waals surface area (Å²) in [4.78, 5) is 22.7. The molecule has 9 nitrogen and oxygen atoms in total. The number of ether oxygens (including phenoxy) is 2. The number of methoxy groups -OCH3 is 2. The third kappa shape index (κ3) is 10.3. The van der Waals surface area contributed by atoms with Gasteiger partial charge in [-0.2, -0.15) is 0 Å². The average molecular weight is 755 g/mol. The fourth-order valence-electron chi connectivity index (χ4n) is 5.23. The lowest BCUT2D eigenvalue weighted by molar-refractivity contribution is -0.385. The van der Waals surface area contributed by atoms with Gasteiger partial charge in [-0.15, -0.1) is 11.8 Å². The number of nitro groups is 2. The highest BCUT2D eigenvalue weighted by Gasteiger charge is 2.15. The molecular weight excluding hydrogens is 723 g/mol. The SMILES string of the molecule is COc1ccc(CS(=O)c2ccc(F)cc2)cc1-c1cccc([N+](=O)[O-])c1.COc1ccc(CSc2ccc(F)cc2)cc1-c1cccc([N+](=O)[O-])c1. The minimum atomic E-state index is -1.34. The molecule has 6 aromatic carbocycles. The van der Waals surface area contributed by atoms with E-state index >= 15 is 0 Å². The van der Waals surface area contributed by atoms with Crippen LogP contribution in [0.3, 0.4) is 0 Å². The summed E-state index contributed by atoms with van der Waals surface area (Å²) in [6.07, 6.45) is 0. The first-order valence-corrected chi connectivity index (χ1v) is 18.2. The molecule has 270 valence electrons. The molecule has 0 amide bonds. The molecule has 0 saturated heterocycles. The van der Waals surface area contributed by atoms with Crippen LogP contribution in [-0.2, 0) is 22.3 Å². The number of rotatable bonds is 12. The molecule has 13 heteroatoms. The van der Waals surface area contributed by atoms with Crippen LogP contribution in [0.1, 0.15) is 11.1 Å². The Labute approximate surface area is 311 Å². The Balaban J connectivity index is 0.000000204. The van der Waals surface area contributed by atoms with Gasteiger partial charge in [0, 0.05) is 50.9 Å². The average Bonchev–Trinajstić information content (AvgIpc) is 3.18. The molecule has 0 heterocycles. The summed E-state index contributed by atoms with van der Waals surface area (Å²) in [5.41, 5.74) is 4.68. The monoisotopic (exact) mass is 754 g/mol. The maximum Gasteiger partial charge on any atom is 0.270 e. The molecule has 0 spiro atoms. The minimum Gasteiger partial charge on any atom is -0.496 e. The normalized spacial score (nSPS) is 11.2. The van der Waals surface area contributed by atoms with E-state index in [0.29, 0.717) is 33.3 Å². The number of hydrogen-bond donors (Lipinski definition) is 0. The largest absolute Gasteiger partial charge is 0.496 e. The predicted molar refractivity (Wildman–Crippen MR) is 203 cm³/mol. The summed E-state index contributed by atoms with van der Waals surface area (Å²) in [5, 5.41) is 22.1. The molecule has 1 atom stereocenters. The lowest BCUT2D eigenvalue weighted by Gasteiger charge is -2.11. The van der Waals surface area contributed by atoms with Gasteiger partial charge in [0.2, 0.25) is 0 Å². The third-order valence-corrected chi connectivity index (χ3v) is 10.3. The van der Waals surface area contributed by atoms with E-state index in [1.54, 1.807) is 67.4 Å². The number of thioether (sulfide) groups is 1. The molecule has 0 aliphatic carbocycles. The van der Waals surface area contributed by atoms with Crippen LogP contribution in [0.2, 0.25) is 0 Å². The molecule has 0 aliphatic rings. The van der Waals surface area contributed by atoms with Crippen molar-refractivity contribution in [3.63, 3.8) is 0 Å². The van der Waals surface area contributed by atoms with E-state index in [-0.39, 0.29) is 28.8 Å². The van der Waals surface area contributed by atoms with E-state index in [4.69, 9.17) is 9.47 Å². The van der Waals surface area contributed by atoms with Crippen molar-refractivity contribution in [2.45, 2.75) is 21.3 Å². The van der Waals surface area contributed by atoms with Crippen molar-refractivity contribution in [3.8, 4) is 33.8 Å². The van der Waals surface area contributed by atoms with Crippen molar-refractivity contribution >= 4 is 33.9 Å². The van der Waals surface area contributed by atoms with Crippen LogP contribution in [0.5, 0.6) is 11.5 Å². The first kappa shape index (κ1) is 38.3. The number of benzene rings is 6. The zero-order valence-corrected chi connectivity index (χ0v) is 30.1. The van der Waals surface area contributed by atoms with Crippen LogP contribution in [-0.4, -0.2) is 28.3 Å². The predicted octanol–water partition coefficient (Wildman–Crippen LogP) is 10.4. The molecule has 0 aliphatic heterocycles. The molecule has 0 N–H and O–H groups in total. The van der Waals surface area contributed by atoms with Crippen LogP contribution in [0, 0.1) is 31.9 Å². The summed E-state index contributed by atoms with van der Waals surface area (Å²) in [7, 11) is 1.75. The maximum atomic E-state index is 13.0. The van der Waals surface area contributed by atoms with Crippen molar-refractivity contribution in [1.29, 1.82) is 0 Å². The fraction of sp³-hybridized carbons (Fsp3) is 0.100. The number of nitro benzene ring substituents is 2. The highest BCUT2D eigenvalue weighted by Crippen LogP contribution is 2.35. The lowest BCUT2D eigenvalue weighted by Crippen LogP contribution is -1.98. The summed E-state index contributed by atoms with van der Waals surface area (Å²) in [6.45, 7) is 0. The summed E-state index contributed by atoms with van der Waals surface area (Å²) in [5.74, 6) is 1.50. The maximum absolute atomic E-state index is 13.0. The molecule has 0 bridgehead atoms. The van der Waals surface area contributed by atoms with Gasteiger partial charge in [-0.05, 0) is 95.1 Å². The van der Waals surface area contributed by atoms with Gasteiger partial charge in [0.1, 0.15) is 23.1 Å². The molecule has 0 radical (unpaired) electrons. The van der Waals surface area contributed by atoms with E-state index in [9.17, 15) is 33.2 Å². The Morgan fingerprint density at radius 1 is 0.623 bits per heavy atom. The van der Waals surface area contributed by atoms with Gasteiger partial charge in [-0.3, -0.25) is 24.4 Å². The van der Waals surface area contributed by atoms with Crippen molar-refractivity contribution in [3.05, 3.63) is 176 Å². The molecule has 0 aromatic heterocycles. The van der Waals surface area contributed by atoms with Crippen LogP contribution in [0.15, 0.2) is 143 Å². The van der Waals surface area contributed by atoms with Gasteiger partial charge in [0.25, 0.3) is 11.4 Å². The second-order valence-electron chi connectivity index (χ2n) is 11.4. The smallest absolute Gasteiger partial charge is 0.270 e. The molecule has 6 aromatic rings. The first-order chi connectivity index (χ1) is 25.5. The highest BCUT2D eigenvalue weighted by molar-refractivity contribution is 7.98. The molecule has 1 unspecified atom stereocenters. The molecule has 0 fully saturated rings. The van der Waals surface area contributed by atoms with Crippen LogP contribution in [0.25, 0.3) is 22.3 Å². The number of halogens is 2. The topological polar surface area (TPSA) is 122 Å². The van der Waals surface area contributed by atoms with Crippen LogP contribution >= 0.6 is 11.8 Å². The zero-order valence-electron chi connectivity index (χ0n) is 28.4. The van der Waals surface area contributed by atoms with Crippen molar-refractivity contribution in [2.24, 2.45) is 0 Å². The second-order valence-corrected chi connectivity index (χ2v) is 13.9. The zero-order chi connectivity index (χ0) is 37.9. The van der Waals surface area contributed by atoms with Gasteiger partial charge in [0.05, 0.1) is 40.6 Å². The Morgan fingerprint density at radius 3 is 1.58 bits per heavy atom. The molecule has 53 heavy (non-hydrogen) atoms. The molecule has 0 saturated carbocycles. The van der Waals surface area contributed by atoms with Gasteiger partial charge in [-0.1, -0.05) is 36.4 Å². The third-order valence-electron chi connectivity index (χ3n) is 7.86. The number of nitrogens with zero attached hydrogens (tertiary/aromatic N) is 2. The van der Waals surface area contributed by atoms with Crippen molar-refractivity contribution in [1.82, 2.24) is 0 Å². The highest BCUT2D eigenvalue weighted by atomic mass is 32.2. The van der Waals surface area contributed by atoms with Crippen molar-refractivity contribution in [2.75, 3.05) is 14.2 Å². The Hall–Kier alpha value is -5.92. The van der Waals surface area contributed by atoms with E-state index in [2.05, 4.69) is 0 Å². The minimum absolute atomic E-state index is 0.0187. The van der Waals surface area contributed by atoms with Gasteiger partial charge >= 0.3 is 0 Å². The molecular formula is C40H32F2N2O7S2.